The summed E-state index contributed by atoms with van der Waals surface area (Å²) < 4.78 is 0. The van der Waals surface area contributed by atoms with E-state index in [4.69, 9.17) is 11.6 Å². The van der Waals surface area contributed by atoms with E-state index < -0.39 is 0 Å². The Balaban J connectivity index is 2.21. The van der Waals surface area contributed by atoms with E-state index in [0.29, 0.717) is 16.3 Å². The molecule has 122 valence electrons. The summed E-state index contributed by atoms with van der Waals surface area (Å²) in [7, 11) is 5.87. The summed E-state index contributed by atoms with van der Waals surface area (Å²) in [5, 5.41) is 3.52. The molecule has 2 aromatic carbocycles. The second kappa shape index (κ2) is 7.38. The predicted molar refractivity (Wildman–Crippen MR) is 99.1 cm³/mol. The van der Waals surface area contributed by atoms with E-state index in [-0.39, 0.29) is 5.91 Å². The van der Waals surface area contributed by atoms with E-state index in [9.17, 15) is 4.79 Å². The van der Waals surface area contributed by atoms with Crippen LogP contribution in [0.1, 0.15) is 17.3 Å². The smallest absolute Gasteiger partial charge is 0.255 e. The van der Waals surface area contributed by atoms with Gasteiger partial charge in [0.2, 0.25) is 0 Å². The van der Waals surface area contributed by atoms with Crippen LogP contribution in [0.4, 0.5) is 17.1 Å². The maximum absolute atomic E-state index is 12.5. The Morgan fingerprint density at radius 2 is 1.74 bits per heavy atom. The first kappa shape index (κ1) is 17.2. The summed E-state index contributed by atoms with van der Waals surface area (Å²) >= 11 is 6.05. The lowest BCUT2D eigenvalue weighted by Gasteiger charge is -2.19. The topological polar surface area (TPSA) is 35.6 Å². The van der Waals surface area contributed by atoms with E-state index in [0.717, 1.165) is 17.9 Å². The zero-order chi connectivity index (χ0) is 17.0. The molecule has 0 fully saturated rings. The van der Waals surface area contributed by atoms with Crippen LogP contribution in [0.5, 0.6) is 0 Å². The van der Waals surface area contributed by atoms with Crippen molar-refractivity contribution in [2.24, 2.45) is 0 Å². The quantitative estimate of drug-likeness (QED) is 0.895. The first-order valence-electron chi connectivity index (χ1n) is 7.51. The monoisotopic (exact) mass is 331 g/mol. The fraction of sp³-hybridized carbons (Fsp3) is 0.278. The molecule has 23 heavy (non-hydrogen) atoms. The molecule has 0 aliphatic carbocycles. The van der Waals surface area contributed by atoms with Crippen molar-refractivity contribution in [2.75, 3.05) is 42.8 Å². The molecule has 1 N–H and O–H groups in total. The summed E-state index contributed by atoms with van der Waals surface area (Å²) in [5.74, 6) is -0.152. The molecule has 0 unspecified atom stereocenters. The highest BCUT2D eigenvalue weighted by Crippen LogP contribution is 2.28. The molecule has 0 atom stereocenters. The highest BCUT2D eigenvalue weighted by molar-refractivity contribution is 6.31. The summed E-state index contributed by atoms with van der Waals surface area (Å²) in [4.78, 5) is 16.5. The normalized spacial score (nSPS) is 10.3. The number of nitrogens with zero attached hydrogens (tertiary/aromatic N) is 2. The molecule has 0 saturated heterocycles. The van der Waals surface area contributed by atoms with Crippen molar-refractivity contribution >= 4 is 34.6 Å². The summed E-state index contributed by atoms with van der Waals surface area (Å²) in [6, 6.07) is 13.0. The number of rotatable bonds is 5. The number of anilines is 3. The number of carbonyl (C=O) groups is 1. The second-order valence-electron chi connectivity index (χ2n) is 5.57. The Labute approximate surface area is 142 Å². The van der Waals surface area contributed by atoms with Gasteiger partial charge in [0.15, 0.2) is 0 Å². The summed E-state index contributed by atoms with van der Waals surface area (Å²) in [5.41, 5.74) is 3.30. The summed E-state index contributed by atoms with van der Waals surface area (Å²) in [6.07, 6.45) is 0. The molecule has 2 aromatic rings. The van der Waals surface area contributed by atoms with E-state index in [2.05, 4.69) is 17.1 Å². The van der Waals surface area contributed by atoms with Crippen molar-refractivity contribution < 1.29 is 4.79 Å². The fourth-order valence-corrected chi connectivity index (χ4v) is 2.41. The fourth-order valence-electron chi connectivity index (χ4n) is 2.24. The van der Waals surface area contributed by atoms with Gasteiger partial charge in [-0.1, -0.05) is 11.6 Å². The van der Waals surface area contributed by atoms with Gasteiger partial charge >= 0.3 is 0 Å². The van der Waals surface area contributed by atoms with E-state index in [1.54, 1.807) is 6.07 Å². The molecular weight excluding hydrogens is 310 g/mol. The van der Waals surface area contributed by atoms with Crippen LogP contribution in [0.3, 0.4) is 0 Å². The van der Waals surface area contributed by atoms with Gasteiger partial charge in [0.25, 0.3) is 5.91 Å². The molecule has 1 amide bonds. The minimum absolute atomic E-state index is 0.152. The van der Waals surface area contributed by atoms with Crippen LogP contribution < -0.4 is 15.1 Å². The van der Waals surface area contributed by atoms with Crippen LogP contribution in [-0.2, 0) is 0 Å². The largest absolute Gasteiger partial charge is 0.376 e. The molecule has 0 aliphatic heterocycles. The third-order valence-corrected chi connectivity index (χ3v) is 3.97. The number of hydrogen-bond donors (Lipinski definition) is 1. The SMILES string of the molecule is CCN(C)c1ccc(C(=O)Nc2cc(Cl)ccc2N(C)C)cc1. The number of halogens is 1. The van der Waals surface area contributed by atoms with Gasteiger partial charge < -0.3 is 15.1 Å². The lowest BCUT2D eigenvalue weighted by atomic mass is 10.1. The van der Waals surface area contributed by atoms with Gasteiger partial charge in [-0.3, -0.25) is 4.79 Å². The van der Waals surface area contributed by atoms with Crippen molar-refractivity contribution in [3.63, 3.8) is 0 Å². The first-order chi connectivity index (χ1) is 10.9. The number of amides is 1. The lowest BCUT2D eigenvalue weighted by molar-refractivity contribution is 0.102. The average molecular weight is 332 g/mol. The molecule has 0 aliphatic rings. The van der Waals surface area contributed by atoms with Crippen LogP contribution in [0.15, 0.2) is 42.5 Å². The Hall–Kier alpha value is -2.20. The predicted octanol–water partition coefficient (Wildman–Crippen LogP) is 4.11. The molecule has 0 spiro atoms. The zero-order valence-electron chi connectivity index (χ0n) is 13.9. The molecule has 0 aromatic heterocycles. The van der Waals surface area contributed by atoms with E-state index in [1.165, 1.54) is 0 Å². The van der Waals surface area contributed by atoms with Crippen molar-refractivity contribution in [3.8, 4) is 0 Å². The lowest BCUT2D eigenvalue weighted by Crippen LogP contribution is -2.18. The van der Waals surface area contributed by atoms with Gasteiger partial charge in [-0.15, -0.1) is 0 Å². The van der Waals surface area contributed by atoms with Crippen LogP contribution in [0.2, 0.25) is 5.02 Å². The van der Waals surface area contributed by atoms with Crippen LogP contribution in [0.25, 0.3) is 0 Å². The number of carbonyl (C=O) groups excluding carboxylic acids is 1. The Bertz CT molecular complexity index is 683. The molecule has 0 radical (unpaired) electrons. The Morgan fingerprint density at radius 3 is 2.30 bits per heavy atom. The summed E-state index contributed by atoms with van der Waals surface area (Å²) in [6.45, 7) is 3.00. The van der Waals surface area contributed by atoms with Crippen molar-refractivity contribution in [1.82, 2.24) is 0 Å². The molecule has 0 heterocycles. The van der Waals surface area contributed by atoms with Gasteiger partial charge in [-0.2, -0.15) is 0 Å². The number of hydrogen-bond acceptors (Lipinski definition) is 3. The van der Waals surface area contributed by atoms with Crippen molar-refractivity contribution in [1.29, 1.82) is 0 Å². The molecule has 0 bridgehead atoms. The molecule has 2 rings (SSSR count). The van der Waals surface area contributed by atoms with Gasteiger partial charge in [0.1, 0.15) is 0 Å². The van der Waals surface area contributed by atoms with Crippen LogP contribution in [0, 0.1) is 0 Å². The minimum Gasteiger partial charge on any atom is -0.376 e. The van der Waals surface area contributed by atoms with E-state index in [1.807, 2.05) is 62.4 Å². The molecule has 4 nitrogen and oxygen atoms in total. The van der Waals surface area contributed by atoms with Crippen LogP contribution >= 0.6 is 11.6 Å². The third kappa shape index (κ3) is 4.17. The molecular formula is C18H22ClN3O. The van der Waals surface area contributed by atoms with Crippen LogP contribution in [-0.4, -0.2) is 33.6 Å². The second-order valence-corrected chi connectivity index (χ2v) is 6.01. The average Bonchev–Trinajstić information content (AvgIpc) is 2.54. The standard InChI is InChI=1S/C18H22ClN3O/c1-5-22(4)15-9-6-13(7-10-15)18(23)20-16-12-14(19)8-11-17(16)21(2)3/h6-12H,5H2,1-4H3,(H,20,23). The van der Waals surface area contributed by atoms with Gasteiger partial charge in [-0.05, 0) is 49.4 Å². The third-order valence-electron chi connectivity index (χ3n) is 3.73. The number of benzene rings is 2. The van der Waals surface area contributed by atoms with Gasteiger partial charge in [0, 0.05) is 44.0 Å². The van der Waals surface area contributed by atoms with E-state index >= 15 is 0 Å². The minimum atomic E-state index is -0.152. The highest BCUT2D eigenvalue weighted by Gasteiger charge is 2.11. The van der Waals surface area contributed by atoms with Gasteiger partial charge in [0.05, 0.1) is 11.4 Å². The van der Waals surface area contributed by atoms with Crippen molar-refractivity contribution in [3.05, 3.63) is 53.1 Å². The van der Waals surface area contributed by atoms with Gasteiger partial charge in [-0.25, -0.2) is 0 Å². The molecule has 5 heteroatoms. The van der Waals surface area contributed by atoms with Crippen molar-refractivity contribution in [2.45, 2.75) is 6.92 Å². The first-order valence-corrected chi connectivity index (χ1v) is 7.89. The zero-order valence-corrected chi connectivity index (χ0v) is 14.7. The highest BCUT2D eigenvalue weighted by atomic mass is 35.5. The maximum Gasteiger partial charge on any atom is 0.255 e. The number of nitrogens with one attached hydrogen (secondary N) is 1. The Morgan fingerprint density at radius 1 is 1.09 bits per heavy atom. The maximum atomic E-state index is 12.5. The Kier molecular flexibility index (Phi) is 5.50. The molecule has 0 saturated carbocycles.